The first kappa shape index (κ1) is 19.8. The van der Waals surface area contributed by atoms with Gasteiger partial charge in [0, 0.05) is 41.7 Å². The highest BCUT2D eigenvalue weighted by molar-refractivity contribution is 5.86. The van der Waals surface area contributed by atoms with Gasteiger partial charge in [0.2, 0.25) is 5.91 Å². The number of ether oxygens (including phenoxy) is 1. The summed E-state index contributed by atoms with van der Waals surface area (Å²) in [5.41, 5.74) is 4.55. The van der Waals surface area contributed by atoms with Crippen LogP contribution in [-0.2, 0) is 33.9 Å². The van der Waals surface area contributed by atoms with E-state index in [1.54, 1.807) is 0 Å². The predicted molar refractivity (Wildman–Crippen MR) is 118 cm³/mol. The Labute approximate surface area is 181 Å². The molecule has 2 aromatic carbocycles. The van der Waals surface area contributed by atoms with Crippen molar-refractivity contribution in [3.05, 3.63) is 71.4 Å². The highest BCUT2D eigenvalue weighted by Crippen LogP contribution is 2.28. The number of fused-ring (bicyclic) bond motifs is 3. The van der Waals surface area contributed by atoms with Gasteiger partial charge in [0.1, 0.15) is 12.6 Å². The van der Waals surface area contributed by atoms with Crippen LogP contribution in [0.3, 0.4) is 0 Å². The zero-order chi connectivity index (χ0) is 21.2. The van der Waals surface area contributed by atoms with Crippen LogP contribution in [0.15, 0.2) is 54.6 Å². The Balaban J connectivity index is 1.21. The molecule has 2 aliphatic heterocycles. The van der Waals surface area contributed by atoms with Crippen molar-refractivity contribution in [3.63, 3.8) is 0 Å². The van der Waals surface area contributed by atoms with Crippen LogP contribution in [0.2, 0.25) is 0 Å². The number of nitrogens with zero attached hydrogens (tertiary/aromatic N) is 2. The molecule has 1 amide bonds. The summed E-state index contributed by atoms with van der Waals surface area (Å²) in [5.74, 6) is -0.148. The highest BCUT2D eigenvalue weighted by Gasteiger charge is 2.34. The van der Waals surface area contributed by atoms with Crippen LogP contribution in [0.5, 0.6) is 0 Å². The Morgan fingerprint density at radius 3 is 2.71 bits per heavy atom. The van der Waals surface area contributed by atoms with E-state index in [1.807, 2.05) is 52.3 Å². The third-order valence-electron chi connectivity index (χ3n) is 6.43. The van der Waals surface area contributed by atoms with Crippen LogP contribution in [0.25, 0.3) is 10.9 Å². The predicted octanol–water partition coefficient (Wildman–Crippen LogP) is 3.26. The number of likely N-dealkylation sites (tertiary alicyclic amines) is 1. The molecule has 160 valence electrons. The van der Waals surface area contributed by atoms with Gasteiger partial charge >= 0.3 is 5.97 Å². The van der Waals surface area contributed by atoms with E-state index < -0.39 is 0 Å². The van der Waals surface area contributed by atoms with E-state index in [1.165, 1.54) is 16.6 Å². The summed E-state index contributed by atoms with van der Waals surface area (Å²) in [6.07, 6.45) is 2.48. The average Bonchev–Trinajstić information content (AvgIpc) is 3.42. The average molecular weight is 418 g/mol. The van der Waals surface area contributed by atoms with Gasteiger partial charge in [0.15, 0.2) is 0 Å². The molecule has 0 bridgehead atoms. The summed E-state index contributed by atoms with van der Waals surface area (Å²) >= 11 is 0. The molecule has 6 heteroatoms. The summed E-state index contributed by atoms with van der Waals surface area (Å²) in [6, 6.07) is 17.6. The largest absolute Gasteiger partial charge is 0.460 e. The maximum absolute atomic E-state index is 13.1. The molecule has 6 nitrogen and oxygen atoms in total. The van der Waals surface area contributed by atoms with Crippen molar-refractivity contribution in [1.29, 1.82) is 0 Å². The molecule has 3 aromatic rings. The zero-order valence-electron chi connectivity index (χ0n) is 17.5. The number of aromatic amines is 1. The number of nitrogens with one attached hydrogen (secondary N) is 1. The van der Waals surface area contributed by atoms with Gasteiger partial charge in [-0.25, -0.2) is 0 Å². The smallest absolute Gasteiger partial charge is 0.323 e. The fourth-order valence-electron chi connectivity index (χ4n) is 4.76. The molecule has 1 saturated heterocycles. The number of H-pyrrole nitrogens is 1. The van der Waals surface area contributed by atoms with Crippen molar-refractivity contribution in [3.8, 4) is 0 Å². The van der Waals surface area contributed by atoms with Crippen molar-refractivity contribution in [2.75, 3.05) is 19.6 Å². The van der Waals surface area contributed by atoms with E-state index >= 15 is 0 Å². The molecule has 1 aromatic heterocycles. The van der Waals surface area contributed by atoms with Crippen molar-refractivity contribution >= 4 is 22.8 Å². The third kappa shape index (κ3) is 4.08. The lowest BCUT2D eigenvalue weighted by Gasteiger charge is -2.30. The number of benzene rings is 2. The highest BCUT2D eigenvalue weighted by atomic mass is 16.5. The van der Waals surface area contributed by atoms with E-state index in [0.717, 1.165) is 36.9 Å². The number of rotatable bonds is 5. The van der Waals surface area contributed by atoms with Crippen LogP contribution < -0.4 is 0 Å². The molecule has 1 atom stereocenters. The Morgan fingerprint density at radius 1 is 1.03 bits per heavy atom. The zero-order valence-corrected chi connectivity index (χ0v) is 17.5. The van der Waals surface area contributed by atoms with Crippen LogP contribution >= 0.6 is 0 Å². The number of para-hydroxylation sites is 1. The van der Waals surface area contributed by atoms with E-state index in [4.69, 9.17) is 4.74 Å². The normalized spacial score (nSPS) is 18.8. The summed E-state index contributed by atoms with van der Waals surface area (Å²) in [4.78, 5) is 33.2. The lowest BCUT2D eigenvalue weighted by molar-refractivity contribution is -0.151. The van der Waals surface area contributed by atoms with Gasteiger partial charge in [-0.15, -0.1) is 0 Å². The lowest BCUT2D eigenvalue weighted by Crippen LogP contribution is -2.46. The van der Waals surface area contributed by atoms with Gasteiger partial charge in [-0.1, -0.05) is 48.5 Å². The number of esters is 1. The Bertz CT molecular complexity index is 1090. The maximum atomic E-state index is 13.1. The molecule has 0 radical (unpaired) electrons. The van der Waals surface area contributed by atoms with Crippen LogP contribution in [-0.4, -0.2) is 52.3 Å². The number of carbonyl (C=O) groups is 2. The molecule has 3 heterocycles. The molecule has 2 aliphatic rings. The number of aromatic nitrogens is 1. The summed E-state index contributed by atoms with van der Waals surface area (Å²) < 4.78 is 5.54. The first-order valence-corrected chi connectivity index (χ1v) is 11.0. The SMILES string of the molecule is O=C(OCc1ccccc1)C1CCCN1CC(=O)N1CCc2[nH]c3ccccc3c2C1. The lowest BCUT2D eigenvalue weighted by atomic mass is 10.0. The van der Waals surface area contributed by atoms with Crippen LogP contribution in [0.1, 0.15) is 29.7 Å². The van der Waals surface area contributed by atoms with Gasteiger partial charge in [0.25, 0.3) is 0 Å². The molecule has 1 unspecified atom stereocenters. The monoisotopic (exact) mass is 417 g/mol. The Morgan fingerprint density at radius 2 is 1.84 bits per heavy atom. The molecule has 31 heavy (non-hydrogen) atoms. The molecule has 0 aliphatic carbocycles. The minimum absolute atomic E-state index is 0.0821. The summed E-state index contributed by atoms with van der Waals surface area (Å²) in [6.45, 7) is 2.62. The van der Waals surface area contributed by atoms with Gasteiger partial charge < -0.3 is 14.6 Å². The van der Waals surface area contributed by atoms with E-state index in [-0.39, 0.29) is 31.1 Å². The van der Waals surface area contributed by atoms with Crippen molar-refractivity contribution in [1.82, 2.24) is 14.8 Å². The second-order valence-electron chi connectivity index (χ2n) is 8.41. The Kier molecular flexibility index (Phi) is 5.47. The number of carbonyl (C=O) groups excluding carboxylic acids is 2. The molecule has 5 rings (SSSR count). The van der Waals surface area contributed by atoms with Gasteiger partial charge in [-0.2, -0.15) is 0 Å². The van der Waals surface area contributed by atoms with Crippen LogP contribution in [0, 0.1) is 0 Å². The fraction of sp³-hybridized carbons (Fsp3) is 0.360. The number of hydrogen-bond donors (Lipinski definition) is 1. The van der Waals surface area contributed by atoms with E-state index in [0.29, 0.717) is 13.1 Å². The van der Waals surface area contributed by atoms with Crippen molar-refractivity contribution < 1.29 is 14.3 Å². The second kappa shape index (κ2) is 8.55. The van der Waals surface area contributed by atoms with Gasteiger partial charge in [0.05, 0.1) is 6.54 Å². The van der Waals surface area contributed by atoms with Crippen molar-refractivity contribution in [2.45, 2.75) is 38.5 Å². The quantitative estimate of drug-likeness (QED) is 0.647. The number of amides is 1. The van der Waals surface area contributed by atoms with E-state index in [2.05, 4.69) is 17.1 Å². The molecular formula is C25H27N3O3. The summed E-state index contributed by atoms with van der Waals surface area (Å²) in [7, 11) is 0. The number of hydrogen-bond acceptors (Lipinski definition) is 4. The minimum Gasteiger partial charge on any atom is -0.460 e. The topological polar surface area (TPSA) is 65.6 Å². The molecule has 0 spiro atoms. The maximum Gasteiger partial charge on any atom is 0.323 e. The van der Waals surface area contributed by atoms with Gasteiger partial charge in [-0.3, -0.25) is 14.5 Å². The van der Waals surface area contributed by atoms with Crippen molar-refractivity contribution in [2.24, 2.45) is 0 Å². The molecule has 0 saturated carbocycles. The molecule has 1 fully saturated rings. The summed E-state index contributed by atoms with van der Waals surface area (Å²) in [5, 5.41) is 1.19. The molecule has 1 N–H and O–H groups in total. The van der Waals surface area contributed by atoms with Crippen LogP contribution in [0.4, 0.5) is 0 Å². The first-order chi connectivity index (χ1) is 15.2. The first-order valence-electron chi connectivity index (χ1n) is 11.0. The molecular weight excluding hydrogens is 390 g/mol. The third-order valence-corrected chi connectivity index (χ3v) is 6.43. The Hall–Kier alpha value is -3.12. The van der Waals surface area contributed by atoms with Gasteiger partial charge in [-0.05, 0) is 31.0 Å². The standard InChI is InChI=1S/C25H27N3O3/c29-24(28-14-12-22-20(15-28)19-9-4-5-10-21(19)26-22)16-27-13-6-11-23(27)25(30)31-17-18-7-2-1-3-8-18/h1-5,7-10,23,26H,6,11-17H2. The second-order valence-corrected chi connectivity index (χ2v) is 8.41. The fourth-order valence-corrected chi connectivity index (χ4v) is 4.76. The van der Waals surface area contributed by atoms with E-state index in [9.17, 15) is 9.59 Å². The minimum atomic E-state index is -0.332.